The average molecular weight is 251 g/mol. The summed E-state index contributed by atoms with van der Waals surface area (Å²) < 4.78 is 3.22. The Bertz CT molecular complexity index is 563. The van der Waals surface area contributed by atoms with Crippen LogP contribution in [-0.2, 0) is 11.3 Å². The van der Waals surface area contributed by atoms with E-state index in [9.17, 15) is 4.79 Å². The number of carbonyl (C=O) groups is 1. The molecule has 0 atom stereocenters. The molecule has 5 heteroatoms. The van der Waals surface area contributed by atoms with Crippen molar-refractivity contribution < 1.29 is 14.5 Å². The van der Waals surface area contributed by atoms with Crippen LogP contribution in [0, 0.1) is 6.92 Å². The zero-order chi connectivity index (χ0) is 12.4. The molecule has 0 fully saturated rings. The van der Waals surface area contributed by atoms with Gasteiger partial charge in [0.25, 0.3) is 0 Å². The summed E-state index contributed by atoms with van der Waals surface area (Å²) in [6.07, 6.45) is 0. The van der Waals surface area contributed by atoms with Crippen LogP contribution in [0.5, 0.6) is 0 Å². The highest BCUT2D eigenvalue weighted by Gasteiger charge is 2.16. The van der Waals surface area contributed by atoms with E-state index in [1.807, 2.05) is 25.1 Å². The first-order valence-electron chi connectivity index (χ1n) is 5.43. The first-order chi connectivity index (χ1) is 8.11. The van der Waals surface area contributed by atoms with E-state index < -0.39 is 0 Å². The number of thiazole rings is 1. The molecule has 0 aliphatic rings. The topological polar surface area (TPSA) is 53.2 Å². The standard InChI is InChI=1S/C12H14N2O2S/c1-8(16)13-10-3-4-12-11(7-10)14(5-6-15)9(2)17-12/h3-4,7,15H,5-6H2,1-2H3/p+1. The minimum atomic E-state index is -0.0787. The highest BCUT2D eigenvalue weighted by atomic mass is 32.1. The fourth-order valence-electron chi connectivity index (χ4n) is 1.86. The number of aliphatic hydroxyl groups excluding tert-OH is 1. The minimum absolute atomic E-state index is 0.0787. The number of fused-ring (bicyclic) bond motifs is 1. The van der Waals surface area contributed by atoms with Crippen molar-refractivity contribution in [2.24, 2.45) is 0 Å². The van der Waals surface area contributed by atoms with Crippen molar-refractivity contribution in [1.82, 2.24) is 0 Å². The number of benzene rings is 1. The molecule has 17 heavy (non-hydrogen) atoms. The molecule has 0 unspecified atom stereocenters. The maximum Gasteiger partial charge on any atom is 0.235 e. The fourth-order valence-corrected chi connectivity index (χ4v) is 2.89. The molecule has 0 saturated heterocycles. The minimum Gasteiger partial charge on any atom is -0.390 e. The molecule has 0 aliphatic carbocycles. The zero-order valence-electron chi connectivity index (χ0n) is 9.86. The number of hydrogen-bond donors (Lipinski definition) is 2. The van der Waals surface area contributed by atoms with Crippen molar-refractivity contribution in [3.63, 3.8) is 0 Å². The highest BCUT2D eigenvalue weighted by molar-refractivity contribution is 7.18. The molecule has 2 rings (SSSR count). The molecule has 0 aliphatic heterocycles. The van der Waals surface area contributed by atoms with Crippen LogP contribution in [0.15, 0.2) is 18.2 Å². The van der Waals surface area contributed by atoms with Gasteiger partial charge in [0.05, 0.1) is 0 Å². The molecular formula is C12H15N2O2S+. The molecule has 4 nitrogen and oxygen atoms in total. The third-order valence-electron chi connectivity index (χ3n) is 2.53. The fraction of sp³-hybridized carbons (Fsp3) is 0.333. The van der Waals surface area contributed by atoms with Crippen LogP contribution in [-0.4, -0.2) is 17.6 Å². The number of carbonyl (C=O) groups excluding carboxylic acids is 1. The van der Waals surface area contributed by atoms with Gasteiger partial charge >= 0.3 is 0 Å². The molecule has 90 valence electrons. The van der Waals surface area contributed by atoms with Gasteiger partial charge in [0, 0.05) is 25.6 Å². The van der Waals surface area contributed by atoms with Gasteiger partial charge in [-0.25, -0.2) is 0 Å². The Balaban J connectivity index is 2.50. The van der Waals surface area contributed by atoms with Gasteiger partial charge in [-0.1, -0.05) is 11.3 Å². The van der Waals surface area contributed by atoms with Gasteiger partial charge in [-0.15, -0.1) is 0 Å². The number of anilines is 1. The Kier molecular flexibility index (Phi) is 3.40. The van der Waals surface area contributed by atoms with E-state index in [2.05, 4.69) is 9.88 Å². The van der Waals surface area contributed by atoms with Crippen LogP contribution in [0.4, 0.5) is 5.69 Å². The largest absolute Gasteiger partial charge is 0.390 e. The number of aryl methyl sites for hydroxylation is 1. The van der Waals surface area contributed by atoms with Gasteiger partial charge in [-0.2, -0.15) is 4.57 Å². The normalized spacial score (nSPS) is 10.8. The van der Waals surface area contributed by atoms with Crippen LogP contribution in [0.1, 0.15) is 11.9 Å². The molecule has 0 radical (unpaired) electrons. The lowest BCUT2D eigenvalue weighted by Crippen LogP contribution is -2.36. The first-order valence-corrected chi connectivity index (χ1v) is 6.25. The summed E-state index contributed by atoms with van der Waals surface area (Å²) >= 11 is 1.69. The molecule has 0 saturated carbocycles. The van der Waals surface area contributed by atoms with E-state index in [0.29, 0.717) is 6.54 Å². The SMILES string of the molecule is CC(=O)Nc1ccc2sc(C)[n+](CCO)c2c1. The van der Waals surface area contributed by atoms with Gasteiger partial charge in [0.2, 0.25) is 16.4 Å². The van der Waals surface area contributed by atoms with Crippen molar-refractivity contribution in [2.75, 3.05) is 11.9 Å². The monoisotopic (exact) mass is 251 g/mol. The first kappa shape index (κ1) is 12.0. The Morgan fingerprint density at radius 2 is 2.29 bits per heavy atom. The van der Waals surface area contributed by atoms with Crippen LogP contribution in [0.2, 0.25) is 0 Å². The van der Waals surface area contributed by atoms with E-state index in [-0.39, 0.29) is 12.5 Å². The number of nitrogens with one attached hydrogen (secondary N) is 1. The van der Waals surface area contributed by atoms with E-state index in [4.69, 9.17) is 5.11 Å². The number of hydrogen-bond acceptors (Lipinski definition) is 3. The average Bonchev–Trinajstić information content (AvgIpc) is 2.55. The van der Waals surface area contributed by atoms with Crippen LogP contribution < -0.4 is 9.88 Å². The lowest BCUT2D eigenvalue weighted by atomic mass is 10.3. The van der Waals surface area contributed by atoms with Crippen LogP contribution in [0.3, 0.4) is 0 Å². The molecule has 0 spiro atoms. The van der Waals surface area contributed by atoms with Crippen LogP contribution >= 0.6 is 11.3 Å². The van der Waals surface area contributed by atoms with Crippen molar-refractivity contribution in [2.45, 2.75) is 20.4 Å². The maximum absolute atomic E-state index is 11.0. The molecule has 2 aromatic rings. The van der Waals surface area contributed by atoms with E-state index in [1.165, 1.54) is 6.92 Å². The van der Waals surface area contributed by atoms with Gasteiger partial charge in [0.1, 0.15) is 11.3 Å². The third kappa shape index (κ3) is 2.45. The van der Waals surface area contributed by atoms with Gasteiger partial charge < -0.3 is 10.4 Å². The quantitative estimate of drug-likeness (QED) is 0.811. The number of rotatable bonds is 3. The van der Waals surface area contributed by atoms with Gasteiger partial charge in [-0.3, -0.25) is 4.79 Å². The van der Waals surface area contributed by atoms with Gasteiger partial charge in [0.15, 0.2) is 6.54 Å². The molecule has 1 aromatic carbocycles. The van der Waals surface area contributed by atoms with E-state index in [0.717, 1.165) is 20.9 Å². The Morgan fingerprint density at radius 3 is 2.94 bits per heavy atom. The van der Waals surface area contributed by atoms with Crippen LogP contribution in [0.25, 0.3) is 10.2 Å². The highest BCUT2D eigenvalue weighted by Crippen LogP contribution is 2.23. The second kappa shape index (κ2) is 4.81. The zero-order valence-corrected chi connectivity index (χ0v) is 10.7. The smallest absolute Gasteiger partial charge is 0.235 e. The maximum atomic E-state index is 11.0. The molecule has 1 heterocycles. The summed E-state index contributed by atoms with van der Waals surface area (Å²) in [7, 11) is 0. The molecule has 0 bridgehead atoms. The predicted molar refractivity (Wildman–Crippen MR) is 68.1 cm³/mol. The predicted octanol–water partition coefficient (Wildman–Crippen LogP) is 1.45. The number of aliphatic hydroxyl groups is 1. The lowest BCUT2D eigenvalue weighted by molar-refractivity contribution is -0.674. The molecule has 1 amide bonds. The summed E-state index contributed by atoms with van der Waals surface area (Å²) in [5.74, 6) is -0.0787. The van der Waals surface area contributed by atoms with E-state index in [1.54, 1.807) is 11.3 Å². The van der Waals surface area contributed by atoms with Crippen molar-refractivity contribution in [1.29, 1.82) is 0 Å². The van der Waals surface area contributed by atoms with Crippen molar-refractivity contribution in [3.8, 4) is 0 Å². The second-order valence-electron chi connectivity index (χ2n) is 3.86. The van der Waals surface area contributed by atoms with Gasteiger partial charge in [-0.05, 0) is 12.1 Å². The molecule has 2 N–H and O–H groups in total. The second-order valence-corrected chi connectivity index (χ2v) is 5.09. The Morgan fingerprint density at radius 1 is 1.53 bits per heavy atom. The summed E-state index contributed by atoms with van der Waals surface area (Å²) in [4.78, 5) is 11.0. The number of amides is 1. The third-order valence-corrected chi connectivity index (χ3v) is 3.61. The van der Waals surface area contributed by atoms with E-state index >= 15 is 0 Å². The number of aromatic nitrogens is 1. The summed E-state index contributed by atoms with van der Waals surface area (Å²) in [6, 6.07) is 5.82. The Labute approximate surface area is 104 Å². The number of nitrogens with zero attached hydrogens (tertiary/aromatic N) is 1. The van der Waals surface area contributed by atoms with Crippen molar-refractivity contribution in [3.05, 3.63) is 23.2 Å². The molecule has 1 aromatic heterocycles. The molecular weight excluding hydrogens is 236 g/mol. The lowest BCUT2D eigenvalue weighted by Gasteiger charge is -2.00. The van der Waals surface area contributed by atoms with Crippen molar-refractivity contribution >= 4 is 33.1 Å². The summed E-state index contributed by atoms with van der Waals surface area (Å²) in [5, 5.41) is 13.0. The Hall–Kier alpha value is -1.46. The summed E-state index contributed by atoms with van der Waals surface area (Å²) in [5.41, 5.74) is 1.84. The summed E-state index contributed by atoms with van der Waals surface area (Å²) in [6.45, 7) is 4.21.